The van der Waals surface area contributed by atoms with Crippen molar-refractivity contribution in [2.75, 3.05) is 13.1 Å². The van der Waals surface area contributed by atoms with Crippen LogP contribution in [0.25, 0.3) is 10.9 Å². The van der Waals surface area contributed by atoms with Crippen LogP contribution in [0.15, 0.2) is 41.5 Å². The van der Waals surface area contributed by atoms with Crippen molar-refractivity contribution >= 4 is 16.8 Å². The third-order valence-electron chi connectivity index (χ3n) is 5.57. The standard InChI is InChI=1S/C21H25N5O2/c1-14(12-25-11-9-22-15(25)2)21(28)26-10-5-6-16(13-26)19-23-18-8-4-3-7-17(18)20(27)24-19/h3-4,7-9,11,14,16H,5-6,10,12-13H2,1-2H3,(H,23,24,27)/t14-,16+/m0/s1. The zero-order valence-electron chi connectivity index (χ0n) is 16.3. The quantitative estimate of drug-likeness (QED) is 0.755. The number of hydrogen-bond donors (Lipinski definition) is 1. The lowest BCUT2D eigenvalue weighted by atomic mass is 9.95. The molecule has 28 heavy (non-hydrogen) atoms. The lowest BCUT2D eigenvalue weighted by molar-refractivity contribution is -0.136. The summed E-state index contributed by atoms with van der Waals surface area (Å²) in [6.07, 6.45) is 5.48. The lowest BCUT2D eigenvalue weighted by Gasteiger charge is -2.34. The van der Waals surface area contributed by atoms with Gasteiger partial charge in [-0.1, -0.05) is 19.1 Å². The molecule has 0 aliphatic carbocycles. The minimum Gasteiger partial charge on any atom is -0.342 e. The van der Waals surface area contributed by atoms with Gasteiger partial charge in [0, 0.05) is 37.9 Å². The summed E-state index contributed by atoms with van der Waals surface area (Å²) >= 11 is 0. The number of para-hydroxylation sites is 1. The summed E-state index contributed by atoms with van der Waals surface area (Å²) in [4.78, 5) is 39.1. The summed E-state index contributed by atoms with van der Waals surface area (Å²) in [5.41, 5.74) is 0.585. The number of carbonyl (C=O) groups is 1. The third kappa shape index (κ3) is 3.56. The van der Waals surface area contributed by atoms with E-state index in [4.69, 9.17) is 0 Å². The summed E-state index contributed by atoms with van der Waals surface area (Å²) in [5, 5.41) is 0.597. The molecular formula is C21H25N5O2. The van der Waals surface area contributed by atoms with Crippen LogP contribution in [-0.2, 0) is 11.3 Å². The van der Waals surface area contributed by atoms with Crippen molar-refractivity contribution < 1.29 is 4.79 Å². The van der Waals surface area contributed by atoms with Crippen LogP contribution in [0.5, 0.6) is 0 Å². The second kappa shape index (κ2) is 7.58. The average molecular weight is 379 g/mol. The molecule has 0 saturated carbocycles. The van der Waals surface area contributed by atoms with Crippen LogP contribution in [0, 0.1) is 12.8 Å². The van der Waals surface area contributed by atoms with E-state index in [0.29, 0.717) is 29.8 Å². The largest absolute Gasteiger partial charge is 0.342 e. The van der Waals surface area contributed by atoms with Gasteiger partial charge in [-0.25, -0.2) is 9.97 Å². The fourth-order valence-electron chi connectivity index (χ4n) is 3.98. The number of likely N-dealkylation sites (tertiary alicyclic amines) is 1. The first-order chi connectivity index (χ1) is 13.5. The first-order valence-corrected chi connectivity index (χ1v) is 9.78. The molecule has 1 N–H and O–H groups in total. The fraction of sp³-hybridized carbons (Fsp3) is 0.429. The highest BCUT2D eigenvalue weighted by Crippen LogP contribution is 2.26. The molecule has 7 nitrogen and oxygen atoms in total. The van der Waals surface area contributed by atoms with Crippen molar-refractivity contribution in [2.24, 2.45) is 5.92 Å². The number of imidazole rings is 1. The smallest absolute Gasteiger partial charge is 0.258 e. The van der Waals surface area contributed by atoms with E-state index in [1.807, 2.05) is 47.7 Å². The maximum atomic E-state index is 13.0. The number of carbonyl (C=O) groups excluding carboxylic acids is 1. The van der Waals surface area contributed by atoms with Crippen molar-refractivity contribution in [2.45, 2.75) is 39.2 Å². The van der Waals surface area contributed by atoms with Crippen LogP contribution < -0.4 is 5.56 Å². The number of H-pyrrole nitrogens is 1. The van der Waals surface area contributed by atoms with E-state index in [0.717, 1.165) is 25.2 Å². The number of hydrogen-bond acceptors (Lipinski definition) is 4. The van der Waals surface area contributed by atoms with Crippen LogP contribution in [-0.4, -0.2) is 43.4 Å². The van der Waals surface area contributed by atoms with Gasteiger partial charge >= 0.3 is 0 Å². The second-order valence-electron chi connectivity index (χ2n) is 7.62. The summed E-state index contributed by atoms with van der Waals surface area (Å²) in [7, 11) is 0. The van der Waals surface area contributed by atoms with Gasteiger partial charge in [0.05, 0.1) is 16.8 Å². The Hall–Kier alpha value is -2.96. The van der Waals surface area contributed by atoms with Crippen molar-refractivity contribution in [1.82, 2.24) is 24.4 Å². The number of nitrogens with one attached hydrogen (secondary N) is 1. The lowest BCUT2D eigenvalue weighted by Crippen LogP contribution is -2.43. The summed E-state index contributed by atoms with van der Waals surface area (Å²) in [6.45, 7) is 5.86. The van der Waals surface area contributed by atoms with Gasteiger partial charge in [0.15, 0.2) is 0 Å². The van der Waals surface area contributed by atoms with Gasteiger partial charge in [-0.2, -0.15) is 0 Å². The number of benzene rings is 1. The number of rotatable bonds is 4. The van der Waals surface area contributed by atoms with Gasteiger partial charge < -0.3 is 14.5 Å². The van der Waals surface area contributed by atoms with Gasteiger partial charge in [-0.3, -0.25) is 9.59 Å². The Morgan fingerprint density at radius 3 is 2.96 bits per heavy atom. The fourth-order valence-corrected chi connectivity index (χ4v) is 3.98. The first-order valence-electron chi connectivity index (χ1n) is 9.78. The molecule has 1 aliphatic rings. The van der Waals surface area contributed by atoms with E-state index < -0.39 is 0 Å². The van der Waals surface area contributed by atoms with Crippen LogP contribution >= 0.6 is 0 Å². The van der Waals surface area contributed by atoms with Gasteiger partial charge in [-0.05, 0) is 31.9 Å². The van der Waals surface area contributed by atoms with Crippen LogP contribution in [0.1, 0.15) is 37.3 Å². The molecule has 4 rings (SSSR count). The van der Waals surface area contributed by atoms with Gasteiger partial charge in [0.2, 0.25) is 5.91 Å². The predicted octanol–water partition coefficient (Wildman–Crippen LogP) is 2.47. The molecule has 2 atom stereocenters. The molecule has 0 radical (unpaired) electrons. The zero-order chi connectivity index (χ0) is 19.7. The Bertz CT molecular complexity index is 1050. The van der Waals surface area contributed by atoms with Gasteiger partial charge in [0.1, 0.15) is 11.6 Å². The predicted molar refractivity (Wildman–Crippen MR) is 107 cm³/mol. The van der Waals surface area contributed by atoms with Crippen molar-refractivity contribution in [3.63, 3.8) is 0 Å². The van der Waals surface area contributed by atoms with Crippen molar-refractivity contribution in [3.05, 3.63) is 58.7 Å². The second-order valence-corrected chi connectivity index (χ2v) is 7.62. The summed E-state index contributed by atoms with van der Waals surface area (Å²) < 4.78 is 2.01. The molecular weight excluding hydrogens is 354 g/mol. The minimum atomic E-state index is -0.129. The molecule has 146 valence electrons. The molecule has 1 aromatic carbocycles. The monoisotopic (exact) mass is 379 g/mol. The number of amides is 1. The molecule has 7 heteroatoms. The molecule has 0 spiro atoms. The molecule has 3 heterocycles. The van der Waals surface area contributed by atoms with E-state index >= 15 is 0 Å². The molecule has 1 amide bonds. The number of aromatic amines is 1. The molecule has 0 bridgehead atoms. The van der Waals surface area contributed by atoms with Crippen LogP contribution in [0.4, 0.5) is 0 Å². The van der Waals surface area contributed by atoms with Crippen molar-refractivity contribution in [1.29, 1.82) is 0 Å². The minimum absolute atomic E-state index is 0.0530. The van der Waals surface area contributed by atoms with E-state index in [9.17, 15) is 9.59 Å². The Kier molecular flexibility index (Phi) is 4.98. The highest BCUT2D eigenvalue weighted by atomic mass is 16.2. The van der Waals surface area contributed by atoms with E-state index in [2.05, 4.69) is 15.0 Å². The summed E-state index contributed by atoms with van der Waals surface area (Å²) in [6, 6.07) is 7.36. The normalized spacial score (nSPS) is 18.4. The Balaban J connectivity index is 1.50. The average Bonchev–Trinajstić information content (AvgIpc) is 3.12. The Labute approximate surface area is 163 Å². The number of aromatic nitrogens is 4. The molecule has 3 aromatic rings. The molecule has 0 unspecified atom stereocenters. The first kappa shape index (κ1) is 18.4. The Morgan fingerprint density at radius 1 is 1.36 bits per heavy atom. The highest BCUT2D eigenvalue weighted by molar-refractivity contribution is 5.79. The maximum Gasteiger partial charge on any atom is 0.258 e. The number of piperidine rings is 1. The summed E-state index contributed by atoms with van der Waals surface area (Å²) in [5.74, 6) is 1.65. The molecule has 1 aliphatic heterocycles. The maximum absolute atomic E-state index is 13.0. The number of aryl methyl sites for hydroxylation is 1. The molecule has 1 fully saturated rings. The van der Waals surface area contributed by atoms with Crippen molar-refractivity contribution in [3.8, 4) is 0 Å². The van der Waals surface area contributed by atoms with Crippen LogP contribution in [0.3, 0.4) is 0 Å². The third-order valence-corrected chi connectivity index (χ3v) is 5.57. The van der Waals surface area contributed by atoms with Crippen LogP contribution in [0.2, 0.25) is 0 Å². The van der Waals surface area contributed by atoms with E-state index in [-0.39, 0.29) is 23.3 Å². The van der Waals surface area contributed by atoms with E-state index in [1.54, 1.807) is 12.3 Å². The van der Waals surface area contributed by atoms with Gasteiger partial charge in [0.25, 0.3) is 5.56 Å². The SMILES string of the molecule is Cc1nccn1C[C@H](C)C(=O)N1CCC[C@@H](c2nc3ccccc3c(=O)[nH]2)C1. The number of nitrogens with zero attached hydrogens (tertiary/aromatic N) is 4. The zero-order valence-corrected chi connectivity index (χ0v) is 16.3. The van der Waals surface area contributed by atoms with Gasteiger partial charge in [-0.15, -0.1) is 0 Å². The molecule has 2 aromatic heterocycles. The topological polar surface area (TPSA) is 83.9 Å². The Morgan fingerprint density at radius 2 is 2.18 bits per heavy atom. The highest BCUT2D eigenvalue weighted by Gasteiger charge is 2.29. The molecule has 1 saturated heterocycles. The number of fused-ring (bicyclic) bond motifs is 1. The van der Waals surface area contributed by atoms with E-state index in [1.165, 1.54) is 0 Å².